The Hall–Kier alpha value is -1.93. The molecule has 8 heteroatoms. The van der Waals surface area contributed by atoms with Gasteiger partial charge in [-0.05, 0) is 44.9 Å². The van der Waals surface area contributed by atoms with Crippen molar-refractivity contribution in [2.75, 3.05) is 0 Å². The van der Waals surface area contributed by atoms with Crippen LogP contribution in [-0.2, 0) is 10.0 Å². The predicted molar refractivity (Wildman–Crippen MR) is 84.9 cm³/mol. The lowest BCUT2D eigenvalue weighted by Crippen LogP contribution is -2.47. The zero-order valence-electron chi connectivity index (χ0n) is 12.9. The predicted octanol–water partition coefficient (Wildman–Crippen LogP) is 1.43. The van der Waals surface area contributed by atoms with Gasteiger partial charge in [0.15, 0.2) is 0 Å². The molecule has 1 saturated heterocycles. The van der Waals surface area contributed by atoms with E-state index in [-0.39, 0.29) is 27.9 Å². The van der Waals surface area contributed by atoms with Crippen molar-refractivity contribution in [3.05, 3.63) is 39.2 Å². The Balaban J connectivity index is 2.15. The number of H-pyrrole nitrogens is 1. The Morgan fingerprint density at radius 3 is 2.48 bits per heavy atom. The largest absolute Gasteiger partial charge is 0.419 e. The van der Waals surface area contributed by atoms with E-state index in [2.05, 4.69) is 9.40 Å². The highest BCUT2D eigenvalue weighted by Crippen LogP contribution is 2.30. The zero-order valence-corrected chi connectivity index (χ0v) is 13.7. The summed E-state index contributed by atoms with van der Waals surface area (Å²) in [7, 11) is -3.72. The molecule has 1 aromatic heterocycles. The van der Waals surface area contributed by atoms with Gasteiger partial charge in [0.2, 0.25) is 10.0 Å². The van der Waals surface area contributed by atoms with Gasteiger partial charge < -0.3 is 4.42 Å². The van der Waals surface area contributed by atoms with E-state index < -0.39 is 21.4 Å². The summed E-state index contributed by atoms with van der Waals surface area (Å²) >= 11 is 0. The summed E-state index contributed by atoms with van der Waals surface area (Å²) in [6.45, 7) is 3.78. The fraction of sp³-hybridized carbons (Fsp3) is 0.467. The summed E-state index contributed by atoms with van der Waals surface area (Å²) in [5, 5.41) is 0.0444. The molecule has 3 rings (SSSR count). The lowest BCUT2D eigenvalue weighted by molar-refractivity contribution is 0.204. The van der Waals surface area contributed by atoms with Gasteiger partial charge in [-0.15, -0.1) is 0 Å². The number of sulfonamides is 1. The van der Waals surface area contributed by atoms with Crippen molar-refractivity contribution in [1.29, 1.82) is 0 Å². The number of fused-ring (bicyclic) bond motifs is 1. The molecular weight excluding hydrogens is 320 g/mol. The Morgan fingerprint density at radius 2 is 1.83 bits per heavy atom. The van der Waals surface area contributed by atoms with Gasteiger partial charge in [0.1, 0.15) is 0 Å². The quantitative estimate of drug-likeness (QED) is 0.893. The molecule has 0 bridgehead atoms. The molecule has 1 aromatic carbocycles. The SMILES string of the molecule is CC1CCCC(C)N1S(=O)(=O)c1ccc2[nH]c(=O)oc(=O)c2c1. The summed E-state index contributed by atoms with van der Waals surface area (Å²) < 4.78 is 31.9. The molecule has 2 aromatic rings. The highest BCUT2D eigenvalue weighted by atomic mass is 32.2. The van der Waals surface area contributed by atoms with E-state index in [0.29, 0.717) is 0 Å². The van der Waals surface area contributed by atoms with E-state index in [0.717, 1.165) is 19.3 Å². The van der Waals surface area contributed by atoms with Crippen LogP contribution in [0.1, 0.15) is 33.1 Å². The molecule has 0 amide bonds. The Morgan fingerprint density at radius 1 is 1.17 bits per heavy atom. The van der Waals surface area contributed by atoms with Crippen molar-refractivity contribution in [2.45, 2.75) is 50.1 Å². The van der Waals surface area contributed by atoms with E-state index in [1.165, 1.54) is 22.5 Å². The average Bonchev–Trinajstić information content (AvgIpc) is 2.46. The third-order valence-electron chi connectivity index (χ3n) is 4.32. The molecule has 0 aliphatic carbocycles. The van der Waals surface area contributed by atoms with Crippen LogP contribution in [0.5, 0.6) is 0 Å². The number of hydrogen-bond acceptors (Lipinski definition) is 5. The van der Waals surface area contributed by atoms with E-state index >= 15 is 0 Å². The maximum Gasteiger partial charge on any atom is 0.419 e. The van der Waals surface area contributed by atoms with Crippen LogP contribution in [0, 0.1) is 0 Å². The molecule has 0 radical (unpaired) electrons. The van der Waals surface area contributed by atoms with Gasteiger partial charge in [-0.1, -0.05) is 6.42 Å². The number of aromatic nitrogens is 1. The van der Waals surface area contributed by atoms with Crippen LogP contribution in [-0.4, -0.2) is 29.8 Å². The first kappa shape index (κ1) is 15.9. The van der Waals surface area contributed by atoms with Crippen molar-refractivity contribution in [1.82, 2.24) is 9.29 Å². The van der Waals surface area contributed by atoms with Crippen LogP contribution < -0.4 is 11.4 Å². The van der Waals surface area contributed by atoms with Crippen LogP contribution in [0.4, 0.5) is 0 Å². The first-order chi connectivity index (χ1) is 10.8. The Kier molecular flexibility index (Phi) is 3.89. The molecule has 2 unspecified atom stereocenters. The minimum absolute atomic E-state index is 0.0324. The van der Waals surface area contributed by atoms with Crippen LogP contribution in [0.3, 0.4) is 0 Å². The minimum atomic E-state index is -3.72. The van der Waals surface area contributed by atoms with Gasteiger partial charge in [-0.2, -0.15) is 4.31 Å². The molecule has 2 heterocycles. The third kappa shape index (κ3) is 2.72. The number of hydrogen-bond donors (Lipinski definition) is 1. The Labute approximate surface area is 133 Å². The highest BCUT2D eigenvalue weighted by Gasteiger charge is 2.35. The number of rotatable bonds is 2. The summed E-state index contributed by atoms with van der Waals surface area (Å²) in [6.07, 6.45) is 2.62. The summed E-state index contributed by atoms with van der Waals surface area (Å²) in [5.74, 6) is -0.864. The summed E-state index contributed by atoms with van der Waals surface area (Å²) in [6, 6.07) is 3.90. The first-order valence-electron chi connectivity index (χ1n) is 7.51. The molecular formula is C15H18N2O5S. The topological polar surface area (TPSA) is 100 Å². The van der Waals surface area contributed by atoms with Crippen molar-refractivity contribution < 1.29 is 12.8 Å². The molecule has 1 aliphatic rings. The second kappa shape index (κ2) is 5.61. The molecule has 1 N–H and O–H groups in total. The first-order valence-corrected chi connectivity index (χ1v) is 8.95. The van der Waals surface area contributed by atoms with E-state index in [1.807, 2.05) is 13.8 Å². The molecule has 0 saturated carbocycles. The molecule has 7 nitrogen and oxygen atoms in total. The summed E-state index contributed by atoms with van der Waals surface area (Å²) in [5.41, 5.74) is -0.592. The zero-order chi connectivity index (χ0) is 16.8. The number of nitrogens with one attached hydrogen (secondary N) is 1. The molecule has 124 valence electrons. The van der Waals surface area contributed by atoms with Crippen molar-refractivity contribution in [2.24, 2.45) is 0 Å². The van der Waals surface area contributed by atoms with Gasteiger partial charge in [0.25, 0.3) is 0 Å². The minimum Gasteiger partial charge on any atom is -0.372 e. The third-order valence-corrected chi connectivity index (χ3v) is 6.45. The van der Waals surface area contributed by atoms with E-state index in [4.69, 9.17) is 0 Å². The smallest absolute Gasteiger partial charge is 0.372 e. The van der Waals surface area contributed by atoms with Gasteiger partial charge in [0, 0.05) is 12.1 Å². The van der Waals surface area contributed by atoms with E-state index in [1.54, 1.807) is 0 Å². The molecule has 0 spiro atoms. The van der Waals surface area contributed by atoms with Crippen LogP contribution >= 0.6 is 0 Å². The van der Waals surface area contributed by atoms with Gasteiger partial charge in [-0.3, -0.25) is 4.98 Å². The van der Waals surface area contributed by atoms with Crippen LogP contribution in [0.25, 0.3) is 10.9 Å². The van der Waals surface area contributed by atoms with Gasteiger partial charge >= 0.3 is 11.4 Å². The van der Waals surface area contributed by atoms with Crippen LogP contribution in [0.15, 0.2) is 37.1 Å². The Bertz CT molecular complexity index is 950. The lowest BCUT2D eigenvalue weighted by Gasteiger charge is -2.37. The highest BCUT2D eigenvalue weighted by molar-refractivity contribution is 7.89. The molecule has 2 atom stereocenters. The molecule has 1 fully saturated rings. The number of benzene rings is 1. The normalized spacial score (nSPS) is 23.2. The lowest BCUT2D eigenvalue weighted by atomic mass is 10.0. The second-order valence-corrected chi connectivity index (χ2v) is 7.82. The fourth-order valence-electron chi connectivity index (χ4n) is 3.23. The molecule has 23 heavy (non-hydrogen) atoms. The van der Waals surface area contributed by atoms with Crippen molar-refractivity contribution in [3.8, 4) is 0 Å². The standard InChI is InChI=1S/C15H18N2O5S/c1-9-4-3-5-10(2)17(9)23(20,21)11-6-7-13-12(8-11)14(18)22-15(19)16-13/h6-10H,3-5H2,1-2H3,(H,16,19). The van der Waals surface area contributed by atoms with Crippen LogP contribution in [0.2, 0.25) is 0 Å². The summed E-state index contributed by atoms with van der Waals surface area (Å²) in [4.78, 5) is 25.4. The number of piperidine rings is 1. The van der Waals surface area contributed by atoms with Gasteiger partial charge in [-0.25, -0.2) is 18.0 Å². The average molecular weight is 338 g/mol. The number of aromatic amines is 1. The van der Waals surface area contributed by atoms with Crippen molar-refractivity contribution >= 4 is 20.9 Å². The molecule has 1 aliphatic heterocycles. The monoisotopic (exact) mass is 338 g/mol. The van der Waals surface area contributed by atoms with Crippen molar-refractivity contribution in [3.63, 3.8) is 0 Å². The number of nitrogens with zero attached hydrogens (tertiary/aromatic N) is 1. The second-order valence-electron chi connectivity index (χ2n) is 5.97. The fourth-order valence-corrected chi connectivity index (χ4v) is 5.14. The maximum atomic E-state index is 13.0. The van der Waals surface area contributed by atoms with Gasteiger partial charge in [0.05, 0.1) is 15.8 Å². The maximum absolute atomic E-state index is 13.0. The van der Waals surface area contributed by atoms with E-state index in [9.17, 15) is 18.0 Å².